The first-order valence-corrected chi connectivity index (χ1v) is 12.7. The van der Waals surface area contributed by atoms with Crippen molar-refractivity contribution >= 4 is 23.6 Å². The number of rotatable bonds is 12. The van der Waals surface area contributed by atoms with E-state index in [1.54, 1.807) is 48.5 Å². The Hall–Kier alpha value is -3.36. The van der Waals surface area contributed by atoms with Gasteiger partial charge in [0.2, 0.25) is 0 Å². The fraction of sp³-hybridized carbons (Fsp3) is 0.429. The van der Waals surface area contributed by atoms with Gasteiger partial charge in [-0.2, -0.15) is 0 Å². The van der Waals surface area contributed by atoms with Crippen molar-refractivity contribution in [2.75, 3.05) is 13.1 Å². The van der Waals surface area contributed by atoms with E-state index in [4.69, 9.17) is 11.5 Å². The van der Waals surface area contributed by atoms with Crippen LogP contribution >= 0.6 is 0 Å². The zero-order chi connectivity index (χ0) is 25.9. The average molecular weight is 491 g/mol. The Morgan fingerprint density at radius 3 is 1.47 bits per heavy atom. The van der Waals surface area contributed by atoms with Crippen LogP contribution in [0.2, 0.25) is 0 Å². The third-order valence-electron chi connectivity index (χ3n) is 7.35. The number of benzene rings is 2. The molecule has 0 fully saturated rings. The molecule has 0 bridgehead atoms. The normalized spacial score (nSPS) is 16.1. The molecule has 4 rings (SSSR count). The lowest BCUT2D eigenvalue weighted by molar-refractivity contribution is 0.0624. The number of unbranched alkanes of at least 4 members (excludes halogenated alkanes) is 1. The van der Waals surface area contributed by atoms with Gasteiger partial charge in [-0.05, 0) is 62.3 Å². The van der Waals surface area contributed by atoms with Gasteiger partial charge in [0.15, 0.2) is 0 Å². The smallest absolute Gasteiger partial charge is 0.261 e. The minimum Gasteiger partial charge on any atom is -0.313 e. The summed E-state index contributed by atoms with van der Waals surface area (Å²) in [6.45, 7) is 2.69. The van der Waals surface area contributed by atoms with Crippen molar-refractivity contribution in [3.05, 3.63) is 70.8 Å². The number of amides is 4. The molecule has 0 spiro atoms. The Morgan fingerprint density at radius 1 is 0.667 bits per heavy atom. The van der Waals surface area contributed by atoms with Crippen LogP contribution in [0.4, 0.5) is 0 Å². The molecule has 8 heteroatoms. The van der Waals surface area contributed by atoms with Gasteiger partial charge in [0.1, 0.15) is 0 Å². The van der Waals surface area contributed by atoms with Crippen LogP contribution in [0.25, 0.3) is 0 Å². The number of hydrogen-bond acceptors (Lipinski definition) is 6. The fourth-order valence-corrected chi connectivity index (χ4v) is 5.26. The summed E-state index contributed by atoms with van der Waals surface area (Å²) >= 11 is 0. The maximum absolute atomic E-state index is 12.6. The zero-order valence-electron chi connectivity index (χ0n) is 20.7. The van der Waals surface area contributed by atoms with E-state index < -0.39 is 5.66 Å². The molecule has 36 heavy (non-hydrogen) atoms. The van der Waals surface area contributed by atoms with Crippen LogP contribution in [0.1, 0.15) is 93.3 Å². The minimum atomic E-state index is -0.990. The van der Waals surface area contributed by atoms with Crippen LogP contribution in [-0.4, -0.2) is 52.2 Å². The van der Waals surface area contributed by atoms with Crippen molar-refractivity contribution in [2.24, 2.45) is 17.4 Å². The van der Waals surface area contributed by atoms with Gasteiger partial charge in [0.25, 0.3) is 23.6 Å². The van der Waals surface area contributed by atoms with E-state index in [2.05, 4.69) is 6.92 Å². The Balaban J connectivity index is 1.32. The summed E-state index contributed by atoms with van der Waals surface area (Å²) in [7, 11) is 0. The highest BCUT2D eigenvalue weighted by molar-refractivity contribution is 6.22. The van der Waals surface area contributed by atoms with Gasteiger partial charge in [-0.1, -0.05) is 44.0 Å². The molecule has 0 aromatic heterocycles. The second kappa shape index (κ2) is 10.7. The molecular weight excluding hydrogens is 456 g/mol. The van der Waals surface area contributed by atoms with E-state index >= 15 is 0 Å². The SMILES string of the molecule is CCCCC(CCCN1C(=O)c2ccccc2C1=O)C(N)(N)CCCN1C(=O)c2ccccc2C1=O. The second-order valence-electron chi connectivity index (χ2n) is 9.81. The highest BCUT2D eigenvalue weighted by Gasteiger charge is 2.37. The molecule has 0 aliphatic carbocycles. The number of carbonyl (C=O) groups is 4. The first-order valence-electron chi connectivity index (χ1n) is 12.7. The number of imide groups is 2. The molecule has 2 aromatic carbocycles. The third kappa shape index (κ3) is 4.96. The number of fused-ring (bicyclic) bond motifs is 2. The molecule has 0 saturated heterocycles. The van der Waals surface area contributed by atoms with Gasteiger partial charge < -0.3 is 11.5 Å². The molecule has 4 amide bonds. The summed E-state index contributed by atoms with van der Waals surface area (Å²) < 4.78 is 0. The van der Waals surface area contributed by atoms with Gasteiger partial charge >= 0.3 is 0 Å². The predicted octanol–water partition coefficient (Wildman–Crippen LogP) is 3.56. The zero-order valence-corrected chi connectivity index (χ0v) is 20.7. The Labute approximate surface area is 211 Å². The Bertz CT molecular complexity index is 1110. The quantitative estimate of drug-likeness (QED) is 0.346. The van der Waals surface area contributed by atoms with E-state index in [0.717, 1.165) is 19.3 Å². The standard InChI is InChI=1S/C28H34N4O4/c1-2-3-10-19(11-8-17-31-24(33)20-12-4-5-13-21(20)25(31)34)28(29,30)16-9-18-32-26(35)22-14-6-7-15-23(22)27(32)36/h4-7,12-15,19H,2-3,8-11,16-18,29-30H2,1H3. The predicted molar refractivity (Wildman–Crippen MR) is 136 cm³/mol. The van der Waals surface area contributed by atoms with Crippen molar-refractivity contribution in [1.82, 2.24) is 9.80 Å². The van der Waals surface area contributed by atoms with Crippen LogP contribution in [0.15, 0.2) is 48.5 Å². The van der Waals surface area contributed by atoms with Crippen molar-refractivity contribution in [2.45, 2.75) is 57.5 Å². The Kier molecular flexibility index (Phi) is 7.66. The van der Waals surface area contributed by atoms with Gasteiger partial charge in [0.05, 0.1) is 27.9 Å². The molecule has 0 saturated carbocycles. The molecule has 2 heterocycles. The van der Waals surface area contributed by atoms with E-state index in [-0.39, 0.29) is 36.1 Å². The summed E-state index contributed by atoms with van der Waals surface area (Å²) in [5.41, 5.74) is 14.0. The summed E-state index contributed by atoms with van der Waals surface area (Å²) in [6, 6.07) is 13.7. The molecular formula is C28H34N4O4. The molecule has 0 radical (unpaired) electrons. The summed E-state index contributed by atoms with van der Waals surface area (Å²) in [6.07, 6.45) is 5.02. The maximum atomic E-state index is 12.6. The number of hydrogen-bond donors (Lipinski definition) is 2. The highest BCUT2D eigenvalue weighted by atomic mass is 16.2. The third-order valence-corrected chi connectivity index (χ3v) is 7.35. The molecule has 190 valence electrons. The summed E-state index contributed by atoms with van der Waals surface area (Å²) in [4.78, 5) is 53.1. The van der Waals surface area contributed by atoms with Crippen molar-refractivity contribution in [3.63, 3.8) is 0 Å². The lowest BCUT2D eigenvalue weighted by Gasteiger charge is -2.35. The number of nitrogens with two attached hydrogens (primary N) is 2. The monoisotopic (exact) mass is 490 g/mol. The molecule has 2 aliphatic heterocycles. The molecule has 2 aromatic rings. The maximum Gasteiger partial charge on any atom is 0.261 e. The molecule has 1 atom stereocenters. The van der Waals surface area contributed by atoms with Gasteiger partial charge in [0, 0.05) is 13.1 Å². The second-order valence-corrected chi connectivity index (χ2v) is 9.81. The van der Waals surface area contributed by atoms with E-state index in [0.29, 0.717) is 54.5 Å². The number of carbonyl (C=O) groups excluding carboxylic acids is 4. The lowest BCUT2D eigenvalue weighted by Crippen LogP contribution is -2.56. The average Bonchev–Trinajstić information content (AvgIpc) is 3.26. The molecule has 8 nitrogen and oxygen atoms in total. The molecule has 4 N–H and O–H groups in total. The lowest BCUT2D eigenvalue weighted by atomic mass is 9.82. The molecule has 1 unspecified atom stereocenters. The number of nitrogens with zero attached hydrogens (tertiary/aromatic N) is 2. The van der Waals surface area contributed by atoms with Crippen molar-refractivity contribution in [1.29, 1.82) is 0 Å². The van der Waals surface area contributed by atoms with Crippen LogP contribution in [0.3, 0.4) is 0 Å². The van der Waals surface area contributed by atoms with E-state index in [1.165, 1.54) is 9.80 Å². The first kappa shape index (κ1) is 25.7. The Morgan fingerprint density at radius 2 is 1.06 bits per heavy atom. The van der Waals surface area contributed by atoms with Gasteiger partial charge in [-0.15, -0.1) is 0 Å². The first-order chi connectivity index (χ1) is 17.3. The van der Waals surface area contributed by atoms with Crippen molar-refractivity contribution in [3.8, 4) is 0 Å². The summed E-state index contributed by atoms with van der Waals surface area (Å²) in [5, 5.41) is 0. The highest BCUT2D eigenvalue weighted by Crippen LogP contribution is 2.29. The van der Waals surface area contributed by atoms with E-state index in [9.17, 15) is 19.2 Å². The van der Waals surface area contributed by atoms with Gasteiger partial charge in [-0.25, -0.2) is 0 Å². The van der Waals surface area contributed by atoms with E-state index in [1.807, 2.05) is 0 Å². The van der Waals surface area contributed by atoms with Crippen LogP contribution in [0.5, 0.6) is 0 Å². The fourth-order valence-electron chi connectivity index (χ4n) is 5.26. The van der Waals surface area contributed by atoms with Gasteiger partial charge in [-0.3, -0.25) is 29.0 Å². The van der Waals surface area contributed by atoms with Crippen LogP contribution in [0, 0.1) is 5.92 Å². The topological polar surface area (TPSA) is 127 Å². The summed E-state index contributed by atoms with van der Waals surface area (Å²) in [5.74, 6) is -1.09. The van der Waals surface area contributed by atoms with Crippen molar-refractivity contribution < 1.29 is 19.2 Å². The largest absolute Gasteiger partial charge is 0.313 e. The van der Waals surface area contributed by atoms with Crippen LogP contribution in [-0.2, 0) is 0 Å². The molecule has 2 aliphatic rings. The minimum absolute atomic E-state index is 0.0187. The van der Waals surface area contributed by atoms with Crippen LogP contribution < -0.4 is 11.5 Å².